The highest BCUT2D eigenvalue weighted by Crippen LogP contribution is 2.32. The van der Waals surface area contributed by atoms with Crippen LogP contribution in [0.5, 0.6) is 5.75 Å². The second-order valence-corrected chi connectivity index (χ2v) is 7.57. The van der Waals surface area contributed by atoms with E-state index in [2.05, 4.69) is 23.3 Å². The van der Waals surface area contributed by atoms with Gasteiger partial charge in [-0.15, -0.1) is 0 Å². The number of hydrogen-bond donors (Lipinski definition) is 1. The number of piperidine rings is 1. The van der Waals surface area contributed by atoms with Crippen LogP contribution in [0.1, 0.15) is 31.4 Å². The molecule has 0 radical (unpaired) electrons. The topological polar surface area (TPSA) is 54.0 Å². The van der Waals surface area contributed by atoms with E-state index in [0.29, 0.717) is 6.04 Å². The molecule has 0 aromatic heterocycles. The summed E-state index contributed by atoms with van der Waals surface area (Å²) in [7, 11) is 5.64. The fraction of sp³-hybridized carbons (Fsp3) is 0.500. The summed E-state index contributed by atoms with van der Waals surface area (Å²) in [5.74, 6) is 0.781. The number of nitrogens with zero attached hydrogens (tertiary/aromatic N) is 2. The normalized spacial score (nSPS) is 16.7. The average Bonchev–Trinajstić information content (AvgIpc) is 2.71. The van der Waals surface area contributed by atoms with Crippen LogP contribution < -0.4 is 10.1 Å². The summed E-state index contributed by atoms with van der Waals surface area (Å²) in [6.45, 7) is 4.30. The molecule has 0 saturated carbocycles. The molecule has 0 bridgehead atoms. The van der Waals surface area contributed by atoms with E-state index in [1.165, 1.54) is 0 Å². The molecule has 1 unspecified atom stereocenters. The number of rotatable bonds is 6. The third-order valence-electron chi connectivity index (χ3n) is 5.61. The summed E-state index contributed by atoms with van der Waals surface area (Å²) >= 11 is 0. The van der Waals surface area contributed by atoms with Crippen LogP contribution in [-0.2, 0) is 4.74 Å². The van der Waals surface area contributed by atoms with Gasteiger partial charge < -0.3 is 24.6 Å². The third-order valence-corrected chi connectivity index (χ3v) is 5.61. The van der Waals surface area contributed by atoms with E-state index in [4.69, 9.17) is 9.47 Å². The van der Waals surface area contributed by atoms with Crippen LogP contribution in [0.4, 0.5) is 4.79 Å². The SMILES string of the molecule is COCOc1ccc(C(C)NC(=O)N(C)C2CCN(C)CC2)c2ccccc12. The molecule has 2 aromatic carbocycles. The number of amides is 2. The van der Waals surface area contributed by atoms with Crippen molar-refractivity contribution in [1.29, 1.82) is 0 Å². The van der Waals surface area contributed by atoms with Crippen LogP contribution in [0, 0.1) is 0 Å². The minimum absolute atomic E-state index is 0.0224. The summed E-state index contributed by atoms with van der Waals surface area (Å²) in [6, 6.07) is 12.2. The minimum Gasteiger partial charge on any atom is -0.467 e. The Kier molecular flexibility index (Phi) is 6.75. The van der Waals surface area contributed by atoms with Gasteiger partial charge in [0.1, 0.15) is 5.75 Å². The van der Waals surface area contributed by atoms with Gasteiger partial charge in [-0.3, -0.25) is 0 Å². The molecule has 6 heteroatoms. The molecule has 2 amide bonds. The molecule has 1 fully saturated rings. The van der Waals surface area contributed by atoms with Crippen molar-refractivity contribution >= 4 is 16.8 Å². The van der Waals surface area contributed by atoms with Crippen molar-refractivity contribution in [3.8, 4) is 5.75 Å². The number of carbonyl (C=O) groups is 1. The van der Waals surface area contributed by atoms with Crippen LogP contribution >= 0.6 is 0 Å². The first-order chi connectivity index (χ1) is 13.5. The Morgan fingerprint density at radius 2 is 1.89 bits per heavy atom. The van der Waals surface area contributed by atoms with E-state index in [9.17, 15) is 4.79 Å². The van der Waals surface area contributed by atoms with Crippen molar-refractivity contribution in [3.63, 3.8) is 0 Å². The number of hydrogen-bond acceptors (Lipinski definition) is 4. The number of nitrogens with one attached hydrogen (secondary N) is 1. The first kappa shape index (κ1) is 20.4. The molecule has 1 heterocycles. The maximum atomic E-state index is 12.8. The Bertz CT molecular complexity index is 803. The summed E-state index contributed by atoms with van der Waals surface area (Å²) in [5.41, 5.74) is 1.07. The number of benzene rings is 2. The van der Waals surface area contributed by atoms with Crippen LogP contribution in [-0.4, -0.2) is 63.0 Å². The lowest BCUT2D eigenvalue weighted by Gasteiger charge is -2.35. The van der Waals surface area contributed by atoms with Crippen molar-refractivity contribution in [2.24, 2.45) is 0 Å². The second kappa shape index (κ2) is 9.26. The molecule has 152 valence electrons. The van der Waals surface area contributed by atoms with Gasteiger partial charge in [0.05, 0.1) is 6.04 Å². The van der Waals surface area contributed by atoms with E-state index >= 15 is 0 Å². The van der Waals surface area contributed by atoms with Gasteiger partial charge in [0, 0.05) is 25.6 Å². The molecule has 2 aromatic rings. The maximum absolute atomic E-state index is 12.8. The highest BCUT2D eigenvalue weighted by atomic mass is 16.7. The number of urea groups is 1. The van der Waals surface area contributed by atoms with E-state index in [1.807, 2.05) is 49.2 Å². The van der Waals surface area contributed by atoms with Crippen molar-refractivity contribution in [1.82, 2.24) is 15.1 Å². The lowest BCUT2D eigenvalue weighted by atomic mass is 9.99. The van der Waals surface area contributed by atoms with Crippen LogP contribution in [0.25, 0.3) is 10.8 Å². The quantitative estimate of drug-likeness (QED) is 0.772. The molecular formula is C22H31N3O3. The number of likely N-dealkylation sites (tertiary alicyclic amines) is 1. The van der Waals surface area contributed by atoms with Crippen molar-refractivity contribution < 1.29 is 14.3 Å². The number of ether oxygens (including phenoxy) is 2. The van der Waals surface area contributed by atoms with Crippen molar-refractivity contribution in [2.75, 3.05) is 41.1 Å². The van der Waals surface area contributed by atoms with Crippen molar-refractivity contribution in [3.05, 3.63) is 42.0 Å². The third kappa shape index (κ3) is 4.56. The Morgan fingerprint density at radius 3 is 2.57 bits per heavy atom. The summed E-state index contributed by atoms with van der Waals surface area (Å²) in [6.07, 6.45) is 2.03. The second-order valence-electron chi connectivity index (χ2n) is 7.57. The number of methoxy groups -OCH3 is 1. The van der Waals surface area contributed by atoms with Crippen LogP contribution in [0.15, 0.2) is 36.4 Å². The predicted octanol–water partition coefficient (Wildman–Crippen LogP) is 3.62. The Labute approximate surface area is 167 Å². The number of carbonyl (C=O) groups excluding carboxylic acids is 1. The molecule has 1 aliphatic heterocycles. The molecular weight excluding hydrogens is 354 g/mol. The highest BCUT2D eigenvalue weighted by Gasteiger charge is 2.25. The predicted molar refractivity (Wildman–Crippen MR) is 112 cm³/mol. The first-order valence-corrected chi connectivity index (χ1v) is 9.86. The van der Waals surface area contributed by atoms with Gasteiger partial charge in [0.2, 0.25) is 0 Å². The molecule has 28 heavy (non-hydrogen) atoms. The zero-order valence-electron chi connectivity index (χ0n) is 17.3. The molecule has 1 aliphatic rings. The largest absolute Gasteiger partial charge is 0.467 e. The van der Waals surface area contributed by atoms with Gasteiger partial charge in [0.25, 0.3) is 0 Å². The molecule has 6 nitrogen and oxygen atoms in total. The van der Waals surface area contributed by atoms with E-state index < -0.39 is 0 Å². The summed E-state index contributed by atoms with van der Waals surface area (Å²) in [4.78, 5) is 17.0. The van der Waals surface area contributed by atoms with E-state index in [1.54, 1.807) is 7.11 Å². The van der Waals surface area contributed by atoms with Crippen molar-refractivity contribution in [2.45, 2.75) is 31.8 Å². The smallest absolute Gasteiger partial charge is 0.317 e. The summed E-state index contributed by atoms with van der Waals surface area (Å²) in [5, 5.41) is 5.26. The zero-order valence-corrected chi connectivity index (χ0v) is 17.3. The van der Waals surface area contributed by atoms with Gasteiger partial charge in [0.15, 0.2) is 6.79 Å². The highest BCUT2D eigenvalue weighted by molar-refractivity contribution is 5.91. The Balaban J connectivity index is 1.74. The standard InChI is InChI=1S/C22H31N3O3/c1-16(23-22(26)25(3)17-11-13-24(2)14-12-17)18-9-10-21(28-15-27-4)20-8-6-5-7-19(18)20/h5-10,16-17H,11-15H2,1-4H3,(H,23,26). The van der Waals surface area contributed by atoms with E-state index in [-0.39, 0.29) is 18.9 Å². The van der Waals surface area contributed by atoms with Gasteiger partial charge in [-0.2, -0.15) is 0 Å². The molecule has 0 spiro atoms. The van der Waals surface area contributed by atoms with Gasteiger partial charge in [-0.25, -0.2) is 4.79 Å². The molecule has 3 rings (SSSR count). The lowest BCUT2D eigenvalue weighted by molar-refractivity contribution is 0.0522. The van der Waals surface area contributed by atoms with E-state index in [0.717, 1.165) is 48.0 Å². The molecule has 1 N–H and O–H groups in total. The van der Waals surface area contributed by atoms with Gasteiger partial charge >= 0.3 is 6.03 Å². The zero-order chi connectivity index (χ0) is 20.1. The Hall–Kier alpha value is -2.31. The van der Waals surface area contributed by atoms with Crippen LogP contribution in [0.2, 0.25) is 0 Å². The first-order valence-electron chi connectivity index (χ1n) is 9.86. The fourth-order valence-corrected chi connectivity index (χ4v) is 3.83. The molecule has 0 aliphatic carbocycles. The molecule has 1 saturated heterocycles. The van der Waals surface area contributed by atoms with Crippen LogP contribution in [0.3, 0.4) is 0 Å². The fourth-order valence-electron chi connectivity index (χ4n) is 3.83. The monoisotopic (exact) mass is 385 g/mol. The number of fused-ring (bicyclic) bond motifs is 1. The van der Waals surface area contributed by atoms with Gasteiger partial charge in [-0.1, -0.05) is 30.3 Å². The minimum atomic E-state index is -0.109. The average molecular weight is 386 g/mol. The maximum Gasteiger partial charge on any atom is 0.317 e. The Morgan fingerprint density at radius 1 is 1.21 bits per heavy atom. The molecule has 1 atom stereocenters. The summed E-state index contributed by atoms with van der Waals surface area (Å²) < 4.78 is 10.7. The van der Waals surface area contributed by atoms with Gasteiger partial charge in [-0.05, 0) is 56.9 Å². The lowest BCUT2D eigenvalue weighted by Crippen LogP contribution is -2.48.